The van der Waals surface area contributed by atoms with Crippen molar-refractivity contribution in [3.05, 3.63) is 27.9 Å². The van der Waals surface area contributed by atoms with Crippen LogP contribution in [-0.4, -0.2) is 46.6 Å². The summed E-state index contributed by atoms with van der Waals surface area (Å²) in [7, 11) is 0. The molecule has 1 aromatic rings. The lowest BCUT2D eigenvalue weighted by atomic mass is 9.92. The Kier molecular flexibility index (Phi) is 3.06. The Morgan fingerprint density at radius 3 is 3.00 bits per heavy atom. The van der Waals surface area contributed by atoms with Crippen molar-refractivity contribution >= 4 is 5.91 Å². The van der Waals surface area contributed by atoms with Crippen LogP contribution in [0.25, 0.3) is 0 Å². The summed E-state index contributed by atoms with van der Waals surface area (Å²) in [5.74, 6) is 1.31. The summed E-state index contributed by atoms with van der Waals surface area (Å²) in [5, 5.41) is 0. The average Bonchev–Trinajstić information content (AvgIpc) is 3.23. The molecule has 0 radical (unpaired) electrons. The van der Waals surface area contributed by atoms with Gasteiger partial charge in [-0.15, -0.1) is 0 Å². The summed E-state index contributed by atoms with van der Waals surface area (Å²) >= 11 is 0. The van der Waals surface area contributed by atoms with Gasteiger partial charge in [-0.2, -0.15) is 0 Å². The molecule has 2 aliphatic heterocycles. The van der Waals surface area contributed by atoms with Gasteiger partial charge in [-0.1, -0.05) is 0 Å². The van der Waals surface area contributed by atoms with Gasteiger partial charge in [0.25, 0.3) is 11.5 Å². The molecule has 1 amide bonds. The first-order valence-electron chi connectivity index (χ1n) is 7.72. The molecule has 1 saturated carbocycles. The van der Waals surface area contributed by atoms with E-state index < -0.39 is 0 Å². The van der Waals surface area contributed by atoms with Crippen molar-refractivity contribution in [2.24, 2.45) is 5.92 Å². The van der Waals surface area contributed by atoms with E-state index in [4.69, 9.17) is 4.74 Å². The quantitative estimate of drug-likeness (QED) is 0.877. The molecule has 6 nitrogen and oxygen atoms in total. The van der Waals surface area contributed by atoms with Crippen LogP contribution in [-0.2, 0) is 4.74 Å². The zero-order valence-electron chi connectivity index (χ0n) is 11.9. The van der Waals surface area contributed by atoms with Gasteiger partial charge in [0.1, 0.15) is 11.5 Å². The van der Waals surface area contributed by atoms with Crippen molar-refractivity contribution in [2.45, 2.75) is 37.6 Å². The molecular weight excluding hydrogens is 270 g/mol. The van der Waals surface area contributed by atoms with Crippen LogP contribution in [0.2, 0.25) is 0 Å². The zero-order valence-corrected chi connectivity index (χ0v) is 11.9. The van der Waals surface area contributed by atoms with Crippen LogP contribution in [0.15, 0.2) is 10.9 Å². The molecule has 1 aliphatic carbocycles. The number of amides is 1. The maximum absolute atomic E-state index is 12.7. The van der Waals surface area contributed by atoms with Gasteiger partial charge in [-0.3, -0.25) is 9.59 Å². The molecule has 3 aliphatic rings. The summed E-state index contributed by atoms with van der Waals surface area (Å²) in [6, 6.07) is 1.48. The Morgan fingerprint density at radius 2 is 2.19 bits per heavy atom. The number of nitrogens with one attached hydrogen (secondary N) is 1. The standard InChI is InChI=1S/C15H19N3O3/c19-13-6-11(16-14(17-13)9-3-4-9)15(20)18-5-1-2-10-7-21-8-12(10)18/h6,9-10,12H,1-5,7-8H2,(H,16,17,19)/t10-,12+/m1/s1. The first-order valence-corrected chi connectivity index (χ1v) is 7.72. The lowest BCUT2D eigenvalue weighted by molar-refractivity contribution is 0.0552. The molecule has 112 valence electrons. The summed E-state index contributed by atoms with van der Waals surface area (Å²) in [6.07, 6.45) is 4.20. The van der Waals surface area contributed by atoms with E-state index in [0.29, 0.717) is 24.3 Å². The smallest absolute Gasteiger partial charge is 0.273 e. The summed E-state index contributed by atoms with van der Waals surface area (Å²) in [5.41, 5.74) is 0.0553. The van der Waals surface area contributed by atoms with Crippen LogP contribution in [0, 0.1) is 5.92 Å². The Bertz CT molecular complexity index is 623. The van der Waals surface area contributed by atoms with E-state index in [-0.39, 0.29) is 23.2 Å². The van der Waals surface area contributed by atoms with E-state index in [1.165, 1.54) is 6.07 Å². The van der Waals surface area contributed by atoms with E-state index in [2.05, 4.69) is 9.97 Å². The highest BCUT2D eigenvalue weighted by molar-refractivity contribution is 5.92. The molecule has 3 heterocycles. The minimum absolute atomic E-state index is 0.122. The second-order valence-corrected chi connectivity index (χ2v) is 6.30. The number of piperidine rings is 1. The van der Waals surface area contributed by atoms with Crippen LogP contribution >= 0.6 is 0 Å². The van der Waals surface area contributed by atoms with Crippen LogP contribution in [0.5, 0.6) is 0 Å². The third-order valence-electron chi connectivity index (χ3n) is 4.74. The normalized spacial score (nSPS) is 28.5. The fourth-order valence-corrected chi connectivity index (χ4v) is 3.43. The first kappa shape index (κ1) is 13.0. The molecule has 3 fully saturated rings. The molecule has 21 heavy (non-hydrogen) atoms. The van der Waals surface area contributed by atoms with Gasteiger partial charge in [-0.05, 0) is 25.7 Å². The Labute approximate surface area is 122 Å². The number of aromatic nitrogens is 2. The van der Waals surface area contributed by atoms with Gasteiger partial charge in [0, 0.05) is 24.4 Å². The van der Waals surface area contributed by atoms with Crippen molar-refractivity contribution < 1.29 is 9.53 Å². The number of H-pyrrole nitrogens is 1. The van der Waals surface area contributed by atoms with E-state index >= 15 is 0 Å². The zero-order chi connectivity index (χ0) is 14.4. The lowest BCUT2D eigenvalue weighted by Gasteiger charge is -2.36. The van der Waals surface area contributed by atoms with E-state index in [0.717, 1.165) is 38.8 Å². The predicted molar refractivity (Wildman–Crippen MR) is 75.2 cm³/mol. The average molecular weight is 289 g/mol. The SMILES string of the molecule is O=C(c1cc(=O)[nH]c(C2CC2)n1)N1CCC[C@@H]2COC[C@@H]21. The third-order valence-corrected chi connectivity index (χ3v) is 4.74. The van der Waals surface area contributed by atoms with Gasteiger partial charge in [0.2, 0.25) is 0 Å². The molecule has 0 aromatic carbocycles. The molecular formula is C15H19N3O3. The number of aromatic amines is 1. The van der Waals surface area contributed by atoms with Crippen LogP contribution < -0.4 is 5.56 Å². The number of fused-ring (bicyclic) bond motifs is 1. The first-order chi connectivity index (χ1) is 10.2. The topological polar surface area (TPSA) is 75.3 Å². The summed E-state index contributed by atoms with van der Waals surface area (Å²) in [4.78, 5) is 33.5. The molecule has 0 spiro atoms. The molecule has 6 heteroatoms. The largest absolute Gasteiger partial charge is 0.379 e. The highest BCUT2D eigenvalue weighted by Gasteiger charge is 2.39. The second kappa shape index (κ2) is 4.94. The molecule has 1 aromatic heterocycles. The Hall–Kier alpha value is -1.69. The maximum atomic E-state index is 12.7. The minimum atomic E-state index is -0.230. The molecule has 1 N–H and O–H groups in total. The van der Waals surface area contributed by atoms with Gasteiger partial charge in [0.15, 0.2) is 0 Å². The van der Waals surface area contributed by atoms with Crippen molar-refractivity contribution in [3.63, 3.8) is 0 Å². The van der Waals surface area contributed by atoms with Crippen molar-refractivity contribution in [2.75, 3.05) is 19.8 Å². The number of hydrogen-bond acceptors (Lipinski definition) is 4. The Balaban J connectivity index is 1.63. The van der Waals surface area contributed by atoms with Crippen LogP contribution in [0.1, 0.15) is 47.9 Å². The molecule has 0 unspecified atom stereocenters. The van der Waals surface area contributed by atoms with Crippen molar-refractivity contribution in [3.8, 4) is 0 Å². The number of nitrogens with zero attached hydrogens (tertiary/aromatic N) is 2. The Morgan fingerprint density at radius 1 is 1.33 bits per heavy atom. The second-order valence-electron chi connectivity index (χ2n) is 6.30. The fraction of sp³-hybridized carbons (Fsp3) is 0.667. The number of rotatable bonds is 2. The van der Waals surface area contributed by atoms with Gasteiger partial charge >= 0.3 is 0 Å². The van der Waals surface area contributed by atoms with Gasteiger partial charge in [-0.25, -0.2) is 4.98 Å². The lowest BCUT2D eigenvalue weighted by Crippen LogP contribution is -2.48. The van der Waals surface area contributed by atoms with Gasteiger partial charge in [0.05, 0.1) is 19.3 Å². The third kappa shape index (κ3) is 2.37. The maximum Gasteiger partial charge on any atom is 0.273 e. The minimum Gasteiger partial charge on any atom is -0.379 e. The van der Waals surface area contributed by atoms with Crippen LogP contribution in [0.3, 0.4) is 0 Å². The van der Waals surface area contributed by atoms with Crippen molar-refractivity contribution in [1.29, 1.82) is 0 Å². The van der Waals surface area contributed by atoms with Gasteiger partial charge < -0.3 is 14.6 Å². The summed E-state index contributed by atoms with van der Waals surface area (Å²) < 4.78 is 5.52. The fourth-order valence-electron chi connectivity index (χ4n) is 3.43. The molecule has 2 saturated heterocycles. The van der Waals surface area contributed by atoms with E-state index in [1.807, 2.05) is 4.90 Å². The number of carbonyl (C=O) groups excluding carboxylic acids is 1. The summed E-state index contributed by atoms with van der Waals surface area (Å²) in [6.45, 7) is 2.08. The number of likely N-dealkylation sites (tertiary alicyclic amines) is 1. The molecule has 4 rings (SSSR count). The van der Waals surface area contributed by atoms with Crippen LogP contribution in [0.4, 0.5) is 0 Å². The van der Waals surface area contributed by atoms with E-state index in [1.54, 1.807) is 0 Å². The number of hydrogen-bond donors (Lipinski definition) is 1. The van der Waals surface area contributed by atoms with E-state index in [9.17, 15) is 9.59 Å². The molecule has 2 atom stereocenters. The van der Waals surface area contributed by atoms with Crippen molar-refractivity contribution in [1.82, 2.24) is 14.9 Å². The predicted octanol–water partition coefficient (Wildman–Crippen LogP) is 0.898. The number of ether oxygens (including phenoxy) is 1. The highest BCUT2D eigenvalue weighted by Crippen LogP contribution is 2.37. The molecule has 0 bridgehead atoms. The monoisotopic (exact) mass is 289 g/mol. The highest BCUT2D eigenvalue weighted by atomic mass is 16.5. The number of carbonyl (C=O) groups is 1.